The van der Waals surface area contributed by atoms with Crippen molar-refractivity contribution in [3.05, 3.63) is 35.4 Å². The van der Waals surface area contributed by atoms with Crippen LogP contribution in [-0.4, -0.2) is 42.4 Å². The zero-order valence-electron chi connectivity index (χ0n) is 11.2. The summed E-state index contributed by atoms with van der Waals surface area (Å²) in [5.41, 5.74) is -0.784. The van der Waals surface area contributed by atoms with Gasteiger partial charge >= 0.3 is 12.2 Å². The van der Waals surface area contributed by atoms with Gasteiger partial charge in [0.15, 0.2) is 0 Å². The first-order chi connectivity index (χ1) is 10.3. The number of nitrogens with one attached hydrogen (secondary N) is 2. The summed E-state index contributed by atoms with van der Waals surface area (Å²) in [6, 6.07) is 3.21. The van der Waals surface area contributed by atoms with Gasteiger partial charge in [-0.1, -0.05) is 0 Å². The molecule has 9 heteroatoms. The Bertz CT molecular complexity index is 583. The smallest absolute Gasteiger partial charge is 0.350 e. The minimum Gasteiger partial charge on any atom is -0.350 e. The van der Waals surface area contributed by atoms with E-state index in [2.05, 4.69) is 10.6 Å². The fourth-order valence-corrected chi connectivity index (χ4v) is 1.88. The number of benzene rings is 1. The number of rotatable bonds is 4. The van der Waals surface area contributed by atoms with Gasteiger partial charge in [-0.25, -0.2) is 4.79 Å². The molecular weight excluding hydrogens is 303 g/mol. The number of halogens is 3. The Morgan fingerprint density at radius 3 is 2.36 bits per heavy atom. The molecule has 0 aliphatic carbocycles. The summed E-state index contributed by atoms with van der Waals surface area (Å²) < 4.78 is 37.2. The van der Waals surface area contributed by atoms with Crippen LogP contribution in [0.2, 0.25) is 0 Å². The molecule has 1 saturated heterocycles. The predicted octanol–water partition coefficient (Wildman–Crippen LogP) is 0.987. The van der Waals surface area contributed by atoms with Crippen LogP contribution in [0.4, 0.5) is 18.0 Å². The third kappa shape index (κ3) is 3.54. The van der Waals surface area contributed by atoms with Crippen molar-refractivity contribution in [3.63, 3.8) is 0 Å². The van der Waals surface area contributed by atoms with Crippen LogP contribution < -0.4 is 10.6 Å². The van der Waals surface area contributed by atoms with Gasteiger partial charge in [0, 0.05) is 18.7 Å². The average molecular weight is 315 g/mol. The van der Waals surface area contributed by atoms with Crippen LogP contribution in [0.25, 0.3) is 0 Å². The van der Waals surface area contributed by atoms with E-state index in [1.165, 1.54) is 0 Å². The quantitative estimate of drug-likeness (QED) is 0.813. The number of hydrogen-bond donors (Lipinski definition) is 2. The highest BCUT2D eigenvalue weighted by Crippen LogP contribution is 2.28. The van der Waals surface area contributed by atoms with Gasteiger partial charge in [-0.2, -0.15) is 13.2 Å². The van der Waals surface area contributed by atoms with Crippen LogP contribution in [0.15, 0.2) is 24.3 Å². The molecule has 0 saturated carbocycles. The van der Waals surface area contributed by atoms with Crippen LogP contribution in [0.1, 0.15) is 15.9 Å². The molecule has 0 atom stereocenters. The Hall–Kier alpha value is -2.58. The van der Waals surface area contributed by atoms with Crippen molar-refractivity contribution >= 4 is 17.8 Å². The second kappa shape index (κ2) is 6.04. The Labute approximate surface area is 123 Å². The number of alkyl halides is 3. The van der Waals surface area contributed by atoms with Crippen LogP contribution in [0.5, 0.6) is 0 Å². The number of amides is 4. The van der Waals surface area contributed by atoms with Crippen LogP contribution in [0, 0.1) is 0 Å². The molecule has 2 N–H and O–H groups in total. The number of nitrogens with zero attached hydrogens (tertiary/aromatic N) is 1. The lowest BCUT2D eigenvalue weighted by Gasteiger charge is -2.13. The average Bonchev–Trinajstić information content (AvgIpc) is 2.78. The predicted molar refractivity (Wildman–Crippen MR) is 68.9 cm³/mol. The Morgan fingerprint density at radius 2 is 1.86 bits per heavy atom. The molecule has 0 aromatic heterocycles. The molecule has 1 aromatic rings. The van der Waals surface area contributed by atoms with Crippen molar-refractivity contribution in [1.82, 2.24) is 15.5 Å². The fraction of sp³-hybridized carbons (Fsp3) is 0.308. The van der Waals surface area contributed by atoms with Crippen LogP contribution >= 0.6 is 0 Å². The lowest BCUT2D eigenvalue weighted by molar-refractivity contribution is -0.137. The molecule has 6 nitrogen and oxygen atoms in total. The molecule has 0 spiro atoms. The first kappa shape index (κ1) is 15.8. The first-order valence-electron chi connectivity index (χ1n) is 6.32. The third-order valence-electron chi connectivity index (χ3n) is 3.03. The second-order valence-electron chi connectivity index (χ2n) is 4.54. The molecule has 1 aliphatic heterocycles. The molecule has 1 fully saturated rings. The standard InChI is InChI=1S/C13H12F3N3O3/c14-13(15,16)9-3-1-8(2-4-9)11(21)17-5-6-19-10(20)7-18-12(19)22/h1-4H,5-7H2,(H,17,21)(H,18,22). The molecule has 1 aliphatic rings. The van der Waals surface area contributed by atoms with E-state index in [-0.39, 0.29) is 25.2 Å². The molecule has 0 radical (unpaired) electrons. The molecule has 118 valence electrons. The zero-order valence-corrected chi connectivity index (χ0v) is 11.2. The lowest BCUT2D eigenvalue weighted by Crippen LogP contribution is -2.38. The van der Waals surface area contributed by atoms with E-state index in [9.17, 15) is 27.6 Å². The van der Waals surface area contributed by atoms with Crippen molar-refractivity contribution in [2.75, 3.05) is 19.6 Å². The van der Waals surface area contributed by atoms with Gasteiger partial charge in [-0.05, 0) is 24.3 Å². The monoisotopic (exact) mass is 315 g/mol. The molecule has 0 bridgehead atoms. The third-order valence-corrected chi connectivity index (χ3v) is 3.03. The van der Waals surface area contributed by atoms with Gasteiger partial charge < -0.3 is 10.6 Å². The summed E-state index contributed by atoms with van der Waals surface area (Å²) in [7, 11) is 0. The van der Waals surface area contributed by atoms with Gasteiger partial charge in [0.05, 0.1) is 12.1 Å². The summed E-state index contributed by atoms with van der Waals surface area (Å²) >= 11 is 0. The van der Waals surface area contributed by atoms with E-state index in [1.54, 1.807) is 0 Å². The van der Waals surface area contributed by atoms with Gasteiger partial charge in [0.2, 0.25) is 5.91 Å². The van der Waals surface area contributed by atoms with Crippen LogP contribution in [-0.2, 0) is 11.0 Å². The summed E-state index contributed by atoms with van der Waals surface area (Å²) in [6.07, 6.45) is -4.46. The summed E-state index contributed by atoms with van der Waals surface area (Å²) in [6.45, 7) is -0.0677. The van der Waals surface area contributed by atoms with Crippen molar-refractivity contribution in [2.24, 2.45) is 0 Å². The normalized spacial score (nSPS) is 15.0. The van der Waals surface area contributed by atoms with Crippen LogP contribution in [0.3, 0.4) is 0 Å². The first-order valence-corrected chi connectivity index (χ1v) is 6.32. The number of carbonyl (C=O) groups is 3. The van der Waals surface area contributed by atoms with Crippen molar-refractivity contribution in [3.8, 4) is 0 Å². The van der Waals surface area contributed by atoms with Gasteiger partial charge in [0.25, 0.3) is 5.91 Å². The van der Waals surface area contributed by atoms with Gasteiger partial charge in [-0.3, -0.25) is 14.5 Å². The maximum atomic E-state index is 12.4. The second-order valence-corrected chi connectivity index (χ2v) is 4.54. The number of urea groups is 1. The summed E-state index contributed by atoms with van der Waals surface area (Å²) in [5, 5.41) is 4.76. The Kier molecular flexibility index (Phi) is 4.34. The minimum atomic E-state index is -4.46. The van der Waals surface area contributed by atoms with E-state index in [0.717, 1.165) is 29.2 Å². The highest BCUT2D eigenvalue weighted by molar-refractivity contribution is 6.02. The number of hydrogen-bond acceptors (Lipinski definition) is 3. The van der Waals surface area contributed by atoms with Crippen molar-refractivity contribution in [1.29, 1.82) is 0 Å². The molecule has 22 heavy (non-hydrogen) atoms. The Morgan fingerprint density at radius 1 is 1.23 bits per heavy atom. The van der Waals surface area contributed by atoms with E-state index in [0.29, 0.717) is 0 Å². The van der Waals surface area contributed by atoms with E-state index in [1.807, 2.05) is 0 Å². The summed E-state index contributed by atoms with van der Waals surface area (Å²) in [4.78, 5) is 35.2. The highest BCUT2D eigenvalue weighted by Gasteiger charge is 2.30. The summed E-state index contributed by atoms with van der Waals surface area (Å²) in [5.74, 6) is -0.977. The van der Waals surface area contributed by atoms with Crippen molar-refractivity contribution < 1.29 is 27.6 Å². The highest BCUT2D eigenvalue weighted by atomic mass is 19.4. The van der Waals surface area contributed by atoms with E-state index in [4.69, 9.17) is 0 Å². The topological polar surface area (TPSA) is 78.5 Å². The number of carbonyl (C=O) groups excluding carboxylic acids is 3. The van der Waals surface area contributed by atoms with E-state index >= 15 is 0 Å². The van der Waals surface area contributed by atoms with Gasteiger partial charge in [-0.15, -0.1) is 0 Å². The Balaban J connectivity index is 1.87. The van der Waals surface area contributed by atoms with Crippen molar-refractivity contribution in [2.45, 2.75) is 6.18 Å². The fourth-order valence-electron chi connectivity index (χ4n) is 1.88. The molecule has 0 unspecified atom stereocenters. The molecular formula is C13H12F3N3O3. The SMILES string of the molecule is O=C(NCCN1C(=O)CNC1=O)c1ccc(C(F)(F)F)cc1. The molecule has 1 heterocycles. The maximum Gasteiger partial charge on any atom is 0.416 e. The van der Waals surface area contributed by atoms with Gasteiger partial charge in [0.1, 0.15) is 0 Å². The van der Waals surface area contributed by atoms with E-state index < -0.39 is 29.6 Å². The zero-order chi connectivity index (χ0) is 16.3. The lowest BCUT2D eigenvalue weighted by atomic mass is 10.1. The minimum absolute atomic E-state index is 0.00294. The number of imide groups is 1. The maximum absolute atomic E-state index is 12.4. The molecule has 2 rings (SSSR count). The molecule has 1 aromatic carbocycles. The molecule has 4 amide bonds. The largest absolute Gasteiger partial charge is 0.416 e.